The Morgan fingerprint density at radius 1 is 1.15 bits per heavy atom. The molecule has 0 saturated carbocycles. The van der Waals surface area contributed by atoms with Gasteiger partial charge in [-0.1, -0.05) is 6.07 Å². The number of thiophene rings is 1. The highest BCUT2D eigenvalue weighted by atomic mass is 32.1. The number of nitrogen functional groups attached to an aromatic ring is 1. The van der Waals surface area contributed by atoms with E-state index in [1.54, 1.807) is 11.3 Å². The summed E-state index contributed by atoms with van der Waals surface area (Å²) < 4.78 is 5.73. The topological polar surface area (TPSA) is 61.0 Å². The minimum Gasteiger partial charge on any atom is -0.486 e. The van der Waals surface area contributed by atoms with Crippen LogP contribution in [0.3, 0.4) is 0 Å². The quantitative estimate of drug-likeness (QED) is 0.800. The molecule has 0 aliphatic rings. The smallest absolute Gasteiger partial charge is 0.169 e. The first-order chi connectivity index (χ1) is 9.63. The number of nitrogens with two attached hydrogens (primary N) is 1. The Kier molecular flexibility index (Phi) is 3.28. The third-order valence-electron chi connectivity index (χ3n) is 3.25. The Bertz CT molecular complexity index is 767. The van der Waals surface area contributed by atoms with Gasteiger partial charge in [0.25, 0.3) is 0 Å². The Balaban J connectivity index is 1.80. The van der Waals surface area contributed by atoms with E-state index in [0.717, 1.165) is 16.0 Å². The largest absolute Gasteiger partial charge is 0.486 e. The Morgan fingerprint density at radius 3 is 2.80 bits per heavy atom. The number of nitrogens with zero attached hydrogens (tertiary/aromatic N) is 2. The Hall–Kier alpha value is -2.14. The summed E-state index contributed by atoms with van der Waals surface area (Å²) in [5, 5.41) is 2.87. The molecule has 0 radical (unpaired) electrons. The van der Waals surface area contributed by atoms with E-state index in [1.807, 2.05) is 29.6 Å². The number of anilines is 1. The highest BCUT2D eigenvalue weighted by Crippen LogP contribution is 2.23. The fourth-order valence-corrected chi connectivity index (χ4v) is 2.73. The molecule has 0 aliphatic carbocycles. The summed E-state index contributed by atoms with van der Waals surface area (Å²) in [5.41, 5.74) is 8.37. The standard InChI is InChI=1S/C15H15N3OS/c1-9-3-4-11(7-10(9)2)19-8-13-17-14(16)12-5-6-20-15(12)18-13/h3-7H,8H2,1-2H3,(H2,16,17,18). The highest BCUT2D eigenvalue weighted by Gasteiger charge is 2.07. The minimum atomic E-state index is 0.320. The summed E-state index contributed by atoms with van der Waals surface area (Å²) >= 11 is 1.56. The third kappa shape index (κ3) is 2.44. The summed E-state index contributed by atoms with van der Waals surface area (Å²) in [4.78, 5) is 9.63. The molecule has 0 fully saturated rings. The monoisotopic (exact) mass is 285 g/mol. The predicted molar refractivity (Wildman–Crippen MR) is 82.1 cm³/mol. The van der Waals surface area contributed by atoms with Crippen molar-refractivity contribution in [3.8, 4) is 5.75 Å². The van der Waals surface area contributed by atoms with Crippen LogP contribution < -0.4 is 10.5 Å². The molecule has 0 bridgehead atoms. The summed E-state index contributed by atoms with van der Waals surface area (Å²) in [5.74, 6) is 1.94. The van der Waals surface area contributed by atoms with Gasteiger partial charge in [0.05, 0.1) is 5.39 Å². The molecule has 102 valence electrons. The number of fused-ring (bicyclic) bond motifs is 1. The maximum Gasteiger partial charge on any atom is 0.169 e. The lowest BCUT2D eigenvalue weighted by molar-refractivity contribution is 0.296. The molecule has 0 aliphatic heterocycles. The van der Waals surface area contributed by atoms with Gasteiger partial charge in [0.2, 0.25) is 0 Å². The molecule has 1 aromatic carbocycles. The lowest BCUT2D eigenvalue weighted by atomic mass is 10.1. The molecule has 0 amide bonds. The molecule has 0 unspecified atom stereocenters. The van der Waals surface area contributed by atoms with Gasteiger partial charge in [0.1, 0.15) is 23.0 Å². The molecule has 0 atom stereocenters. The van der Waals surface area contributed by atoms with Crippen LogP contribution in [0.5, 0.6) is 5.75 Å². The zero-order valence-electron chi connectivity index (χ0n) is 11.4. The van der Waals surface area contributed by atoms with Gasteiger partial charge < -0.3 is 10.5 Å². The van der Waals surface area contributed by atoms with Gasteiger partial charge in [-0.15, -0.1) is 11.3 Å². The van der Waals surface area contributed by atoms with E-state index >= 15 is 0 Å². The summed E-state index contributed by atoms with van der Waals surface area (Å²) in [6.45, 7) is 4.46. The van der Waals surface area contributed by atoms with Gasteiger partial charge in [-0.2, -0.15) is 0 Å². The van der Waals surface area contributed by atoms with Crippen LogP contribution in [0.2, 0.25) is 0 Å². The van der Waals surface area contributed by atoms with Crippen molar-refractivity contribution in [3.05, 3.63) is 46.6 Å². The first-order valence-electron chi connectivity index (χ1n) is 6.33. The molecule has 0 spiro atoms. The fourth-order valence-electron chi connectivity index (χ4n) is 1.94. The maximum atomic E-state index is 5.91. The van der Waals surface area contributed by atoms with Crippen LogP contribution in [-0.4, -0.2) is 9.97 Å². The van der Waals surface area contributed by atoms with E-state index in [1.165, 1.54) is 11.1 Å². The lowest BCUT2D eigenvalue weighted by Gasteiger charge is -2.08. The van der Waals surface area contributed by atoms with E-state index < -0.39 is 0 Å². The van der Waals surface area contributed by atoms with Crippen molar-refractivity contribution in [2.24, 2.45) is 0 Å². The van der Waals surface area contributed by atoms with Crippen LogP contribution in [0.4, 0.5) is 5.82 Å². The lowest BCUT2D eigenvalue weighted by Crippen LogP contribution is -2.04. The summed E-state index contributed by atoms with van der Waals surface area (Å²) in [6, 6.07) is 7.95. The van der Waals surface area contributed by atoms with Crippen LogP contribution >= 0.6 is 11.3 Å². The molecule has 3 aromatic rings. The number of benzene rings is 1. The number of hydrogen-bond acceptors (Lipinski definition) is 5. The van der Waals surface area contributed by atoms with E-state index in [2.05, 4.69) is 23.8 Å². The van der Waals surface area contributed by atoms with Gasteiger partial charge in [0, 0.05) is 0 Å². The van der Waals surface area contributed by atoms with E-state index in [-0.39, 0.29) is 0 Å². The van der Waals surface area contributed by atoms with Crippen LogP contribution in [0, 0.1) is 13.8 Å². The Labute approximate surface area is 121 Å². The second kappa shape index (κ2) is 5.09. The molecule has 5 heteroatoms. The first-order valence-corrected chi connectivity index (χ1v) is 7.21. The first kappa shape index (κ1) is 12.9. The van der Waals surface area contributed by atoms with E-state index in [0.29, 0.717) is 18.2 Å². The summed E-state index contributed by atoms with van der Waals surface area (Å²) in [6.07, 6.45) is 0. The summed E-state index contributed by atoms with van der Waals surface area (Å²) in [7, 11) is 0. The zero-order valence-corrected chi connectivity index (χ0v) is 12.2. The van der Waals surface area contributed by atoms with Crippen molar-refractivity contribution >= 4 is 27.4 Å². The normalized spacial score (nSPS) is 10.9. The number of aromatic nitrogens is 2. The predicted octanol–water partition coefficient (Wildman–Crippen LogP) is 3.47. The van der Waals surface area contributed by atoms with Crippen LogP contribution in [-0.2, 0) is 6.61 Å². The molecule has 2 heterocycles. The number of aryl methyl sites for hydroxylation is 2. The van der Waals surface area contributed by atoms with E-state index in [9.17, 15) is 0 Å². The van der Waals surface area contributed by atoms with Gasteiger partial charge in [-0.3, -0.25) is 0 Å². The molecular formula is C15H15N3OS. The van der Waals surface area contributed by atoms with Gasteiger partial charge in [0.15, 0.2) is 5.82 Å². The molecule has 2 N–H and O–H groups in total. The molecular weight excluding hydrogens is 270 g/mol. The zero-order chi connectivity index (χ0) is 14.1. The van der Waals surface area contributed by atoms with Crippen molar-refractivity contribution in [3.63, 3.8) is 0 Å². The number of hydrogen-bond donors (Lipinski definition) is 1. The van der Waals surface area contributed by atoms with Gasteiger partial charge >= 0.3 is 0 Å². The van der Waals surface area contributed by atoms with Crippen molar-refractivity contribution in [1.82, 2.24) is 9.97 Å². The van der Waals surface area contributed by atoms with E-state index in [4.69, 9.17) is 10.5 Å². The van der Waals surface area contributed by atoms with Crippen molar-refractivity contribution in [2.75, 3.05) is 5.73 Å². The number of rotatable bonds is 3. The minimum absolute atomic E-state index is 0.320. The Morgan fingerprint density at radius 2 is 2.00 bits per heavy atom. The van der Waals surface area contributed by atoms with Crippen molar-refractivity contribution < 1.29 is 4.74 Å². The highest BCUT2D eigenvalue weighted by molar-refractivity contribution is 7.16. The fraction of sp³-hybridized carbons (Fsp3) is 0.200. The van der Waals surface area contributed by atoms with Crippen LogP contribution in [0.1, 0.15) is 17.0 Å². The molecule has 2 aromatic heterocycles. The van der Waals surface area contributed by atoms with Crippen LogP contribution in [0.15, 0.2) is 29.6 Å². The average molecular weight is 285 g/mol. The van der Waals surface area contributed by atoms with Crippen molar-refractivity contribution in [2.45, 2.75) is 20.5 Å². The molecule has 4 nitrogen and oxygen atoms in total. The maximum absolute atomic E-state index is 5.91. The van der Waals surface area contributed by atoms with Crippen molar-refractivity contribution in [1.29, 1.82) is 0 Å². The molecule has 0 saturated heterocycles. The molecule has 3 rings (SSSR count). The van der Waals surface area contributed by atoms with Gasteiger partial charge in [-0.05, 0) is 48.6 Å². The second-order valence-electron chi connectivity index (χ2n) is 4.70. The average Bonchev–Trinajstić information content (AvgIpc) is 2.89. The van der Waals surface area contributed by atoms with Crippen LogP contribution in [0.25, 0.3) is 10.2 Å². The molecule has 20 heavy (non-hydrogen) atoms. The third-order valence-corrected chi connectivity index (χ3v) is 4.05. The number of ether oxygens (including phenoxy) is 1. The second-order valence-corrected chi connectivity index (χ2v) is 5.59. The van der Waals surface area contributed by atoms with Gasteiger partial charge in [-0.25, -0.2) is 9.97 Å². The SMILES string of the molecule is Cc1ccc(OCc2nc(N)c3ccsc3n2)cc1C.